The number of nitrogens with zero attached hydrogens (tertiary/aromatic N) is 5. The summed E-state index contributed by atoms with van der Waals surface area (Å²) in [5.74, 6) is 0. The van der Waals surface area contributed by atoms with E-state index in [0.717, 1.165) is 11.3 Å². The predicted octanol–water partition coefficient (Wildman–Crippen LogP) is 3.52. The Morgan fingerprint density at radius 3 is 2.00 bits per heavy atom. The Labute approximate surface area is 146 Å². The van der Waals surface area contributed by atoms with Crippen LogP contribution < -0.4 is 5.01 Å². The molecule has 0 atom stereocenters. The van der Waals surface area contributed by atoms with E-state index in [9.17, 15) is 0 Å². The molecule has 1 heterocycles. The number of imidazole rings is 1. The second-order valence-electron chi connectivity index (χ2n) is 4.97. The van der Waals surface area contributed by atoms with E-state index in [1.807, 2.05) is 40.1 Å². The molecule has 3 aromatic rings. The van der Waals surface area contributed by atoms with Crippen LogP contribution in [0.25, 0.3) is 0 Å². The lowest BCUT2D eigenvalue weighted by atomic mass is 10.1. The van der Waals surface area contributed by atoms with Crippen molar-refractivity contribution in [2.24, 2.45) is 0 Å². The zero-order valence-corrected chi connectivity index (χ0v) is 13.5. The first-order valence-corrected chi connectivity index (χ1v) is 7.05. The van der Waals surface area contributed by atoms with Gasteiger partial charge in [-0.3, -0.25) is 5.01 Å². The van der Waals surface area contributed by atoms with Crippen molar-refractivity contribution in [2.45, 2.75) is 6.54 Å². The highest BCUT2D eigenvalue weighted by Crippen LogP contribution is 2.19. The lowest BCUT2D eigenvalue weighted by molar-refractivity contribution is 0.688. The fraction of sp³-hybridized carbons (Fsp3) is 0.0556. The van der Waals surface area contributed by atoms with Crippen LogP contribution >= 0.6 is 12.4 Å². The first kappa shape index (κ1) is 17.1. The van der Waals surface area contributed by atoms with Crippen molar-refractivity contribution >= 4 is 18.1 Å². The van der Waals surface area contributed by atoms with E-state index in [4.69, 9.17) is 10.5 Å². The number of aromatic nitrogens is 2. The quantitative estimate of drug-likeness (QED) is 0.731. The number of hydrogen-bond donors (Lipinski definition) is 0. The van der Waals surface area contributed by atoms with Crippen molar-refractivity contribution in [1.29, 1.82) is 10.5 Å². The number of benzene rings is 2. The fourth-order valence-electron chi connectivity index (χ4n) is 2.27. The van der Waals surface area contributed by atoms with Gasteiger partial charge in [0.15, 0.2) is 0 Å². The normalized spacial score (nSPS) is 9.42. The van der Waals surface area contributed by atoms with Crippen LogP contribution in [0.2, 0.25) is 0 Å². The van der Waals surface area contributed by atoms with E-state index in [1.54, 1.807) is 36.8 Å². The van der Waals surface area contributed by atoms with Crippen LogP contribution in [0, 0.1) is 22.7 Å². The second-order valence-corrected chi connectivity index (χ2v) is 4.97. The molecule has 0 amide bonds. The highest BCUT2D eigenvalue weighted by Gasteiger charge is 2.09. The smallest absolute Gasteiger partial charge is 0.114 e. The van der Waals surface area contributed by atoms with Gasteiger partial charge in [0.1, 0.15) is 6.33 Å². The molecule has 0 bridgehead atoms. The van der Waals surface area contributed by atoms with Crippen molar-refractivity contribution in [1.82, 2.24) is 9.66 Å². The summed E-state index contributed by atoms with van der Waals surface area (Å²) < 4.78 is 1.89. The van der Waals surface area contributed by atoms with Crippen LogP contribution in [0.4, 0.5) is 5.69 Å². The Hall–Kier alpha value is -3.28. The highest BCUT2D eigenvalue weighted by atomic mass is 35.5. The van der Waals surface area contributed by atoms with Crippen molar-refractivity contribution in [3.05, 3.63) is 83.9 Å². The van der Waals surface area contributed by atoms with Gasteiger partial charge < -0.3 is 0 Å². The largest absolute Gasteiger partial charge is 0.276 e. The molecule has 0 unspecified atom stereocenters. The number of nitriles is 2. The van der Waals surface area contributed by atoms with Gasteiger partial charge >= 0.3 is 0 Å². The minimum absolute atomic E-state index is 0. The minimum Gasteiger partial charge on any atom is -0.276 e. The maximum absolute atomic E-state index is 8.93. The lowest BCUT2D eigenvalue weighted by Crippen LogP contribution is -2.27. The van der Waals surface area contributed by atoms with Gasteiger partial charge in [0, 0.05) is 12.4 Å². The summed E-state index contributed by atoms with van der Waals surface area (Å²) in [4.78, 5) is 4.10. The summed E-state index contributed by atoms with van der Waals surface area (Å²) in [7, 11) is 0. The molecule has 1 aromatic heterocycles. The Bertz CT molecular complexity index is 856. The molecule has 3 rings (SSSR count). The molecule has 0 fully saturated rings. The number of halogens is 1. The predicted molar refractivity (Wildman–Crippen MR) is 93.4 cm³/mol. The highest BCUT2D eigenvalue weighted by molar-refractivity contribution is 5.85. The first-order chi connectivity index (χ1) is 11.3. The molecule has 0 aliphatic heterocycles. The minimum atomic E-state index is 0. The first-order valence-electron chi connectivity index (χ1n) is 7.05. The lowest BCUT2D eigenvalue weighted by Gasteiger charge is -2.25. The van der Waals surface area contributed by atoms with E-state index in [1.165, 1.54) is 0 Å². The van der Waals surface area contributed by atoms with Gasteiger partial charge in [-0.2, -0.15) is 10.5 Å². The summed E-state index contributed by atoms with van der Waals surface area (Å²) in [5, 5.41) is 19.9. The second kappa shape index (κ2) is 7.82. The van der Waals surface area contributed by atoms with Gasteiger partial charge in [-0.25, -0.2) is 9.66 Å². The van der Waals surface area contributed by atoms with Gasteiger partial charge in [0.2, 0.25) is 0 Å². The van der Waals surface area contributed by atoms with Crippen LogP contribution in [0.3, 0.4) is 0 Å². The third-order valence-electron chi connectivity index (χ3n) is 3.48. The average Bonchev–Trinajstić information content (AvgIpc) is 3.15. The summed E-state index contributed by atoms with van der Waals surface area (Å²) in [6, 6.07) is 19.1. The Balaban J connectivity index is 0.00000208. The van der Waals surface area contributed by atoms with E-state index in [-0.39, 0.29) is 12.4 Å². The van der Waals surface area contributed by atoms with Crippen molar-refractivity contribution < 1.29 is 0 Å². The van der Waals surface area contributed by atoms with Crippen LogP contribution in [0.1, 0.15) is 16.7 Å². The molecule has 0 N–H and O–H groups in total. The molecule has 0 spiro atoms. The van der Waals surface area contributed by atoms with Crippen LogP contribution in [0.15, 0.2) is 67.3 Å². The average molecular weight is 336 g/mol. The van der Waals surface area contributed by atoms with Gasteiger partial charge in [-0.15, -0.1) is 12.4 Å². The van der Waals surface area contributed by atoms with Crippen LogP contribution in [-0.2, 0) is 6.54 Å². The molecule has 118 valence electrons. The Morgan fingerprint density at radius 1 is 0.917 bits per heavy atom. The third kappa shape index (κ3) is 3.73. The fourth-order valence-corrected chi connectivity index (χ4v) is 2.27. The summed E-state index contributed by atoms with van der Waals surface area (Å²) in [5.41, 5.74) is 3.28. The Kier molecular flexibility index (Phi) is 5.57. The molecule has 6 heteroatoms. The van der Waals surface area contributed by atoms with Crippen molar-refractivity contribution in [3.63, 3.8) is 0 Å². The van der Waals surface area contributed by atoms with Gasteiger partial charge in [0.25, 0.3) is 0 Å². The summed E-state index contributed by atoms with van der Waals surface area (Å²) >= 11 is 0. The van der Waals surface area contributed by atoms with E-state index >= 15 is 0 Å². The third-order valence-corrected chi connectivity index (χ3v) is 3.48. The van der Waals surface area contributed by atoms with E-state index in [0.29, 0.717) is 17.7 Å². The maximum Gasteiger partial charge on any atom is 0.114 e. The van der Waals surface area contributed by atoms with E-state index in [2.05, 4.69) is 17.1 Å². The molecular formula is C18H14ClN5. The molecule has 2 aromatic carbocycles. The molecule has 0 saturated heterocycles. The number of anilines is 1. The SMILES string of the molecule is Cl.N#Cc1ccc(CN(c2ccc(C#N)cc2)n2ccnc2)cc1. The molecule has 24 heavy (non-hydrogen) atoms. The molecular weight excluding hydrogens is 322 g/mol. The zero-order valence-electron chi connectivity index (χ0n) is 12.7. The molecule has 0 saturated carbocycles. The topological polar surface area (TPSA) is 68.6 Å². The van der Waals surface area contributed by atoms with Gasteiger partial charge in [-0.05, 0) is 42.0 Å². The number of rotatable bonds is 4. The van der Waals surface area contributed by atoms with Gasteiger partial charge in [-0.1, -0.05) is 12.1 Å². The maximum atomic E-state index is 8.93. The standard InChI is InChI=1S/C18H13N5.ClH/c19-11-15-1-3-17(4-2-15)13-23(22-10-9-21-14-22)18-7-5-16(12-20)6-8-18;/h1-10,14H,13H2;1H. The number of hydrogen-bond acceptors (Lipinski definition) is 4. The summed E-state index contributed by atoms with van der Waals surface area (Å²) in [6.45, 7) is 0.619. The van der Waals surface area contributed by atoms with Crippen molar-refractivity contribution in [3.8, 4) is 12.1 Å². The van der Waals surface area contributed by atoms with E-state index < -0.39 is 0 Å². The summed E-state index contributed by atoms with van der Waals surface area (Å²) in [6.07, 6.45) is 5.30. The molecule has 0 aliphatic rings. The van der Waals surface area contributed by atoms with Crippen LogP contribution in [-0.4, -0.2) is 9.66 Å². The Morgan fingerprint density at radius 2 is 1.50 bits per heavy atom. The molecule has 5 nitrogen and oxygen atoms in total. The molecule has 0 aliphatic carbocycles. The monoisotopic (exact) mass is 335 g/mol. The zero-order chi connectivity index (χ0) is 16.1. The van der Waals surface area contributed by atoms with Gasteiger partial charge in [0.05, 0.1) is 35.5 Å². The van der Waals surface area contributed by atoms with Crippen LogP contribution in [0.5, 0.6) is 0 Å². The molecule has 0 radical (unpaired) electrons. The van der Waals surface area contributed by atoms with Crippen molar-refractivity contribution in [2.75, 3.05) is 5.01 Å².